The predicted octanol–water partition coefficient (Wildman–Crippen LogP) is 5.25. The van der Waals surface area contributed by atoms with Gasteiger partial charge in [-0.2, -0.15) is 4.37 Å². The number of hydrogen-bond donors (Lipinski definition) is 1. The Labute approximate surface area is 154 Å². The smallest absolute Gasteiger partial charge is 0.181 e. The molecule has 0 fully saturated rings. The third kappa shape index (κ3) is 3.54. The van der Waals surface area contributed by atoms with Crippen LogP contribution in [0.1, 0.15) is 19.5 Å². The molecule has 0 spiro atoms. The summed E-state index contributed by atoms with van der Waals surface area (Å²) in [4.78, 5) is 9.14. The largest absolute Gasteiger partial charge is 0.463 e. The van der Waals surface area contributed by atoms with Gasteiger partial charge in [0.05, 0.1) is 18.2 Å². The maximum Gasteiger partial charge on any atom is 0.181 e. The Balaban J connectivity index is 0.000000880. The van der Waals surface area contributed by atoms with Crippen LogP contribution in [-0.2, 0) is 0 Å². The average molecular weight is 374 g/mol. The normalized spacial score (nSPS) is 10.6. The molecule has 0 aromatic carbocycles. The van der Waals surface area contributed by atoms with E-state index in [1.807, 2.05) is 55.8 Å². The maximum atomic E-state index is 5.50. The predicted molar refractivity (Wildman–Crippen MR) is 104 cm³/mol. The van der Waals surface area contributed by atoms with Crippen LogP contribution in [0.4, 0.5) is 10.8 Å². The average Bonchev–Trinajstić information content (AvgIpc) is 3.37. The van der Waals surface area contributed by atoms with Crippen LogP contribution >= 0.6 is 23.3 Å². The van der Waals surface area contributed by atoms with E-state index in [1.165, 1.54) is 11.5 Å². The van der Waals surface area contributed by atoms with Crippen LogP contribution in [0.3, 0.4) is 0 Å². The number of anilines is 2. The first kappa shape index (κ1) is 17.5. The van der Waals surface area contributed by atoms with Crippen molar-refractivity contribution in [1.82, 2.24) is 18.7 Å². The zero-order chi connectivity index (χ0) is 17.8. The summed E-state index contributed by atoms with van der Waals surface area (Å²) >= 11 is 2.99. The van der Waals surface area contributed by atoms with Crippen molar-refractivity contribution in [3.05, 3.63) is 42.5 Å². The molecule has 0 unspecified atom stereocenters. The maximum absolute atomic E-state index is 5.50. The molecule has 8 heteroatoms. The van der Waals surface area contributed by atoms with Crippen molar-refractivity contribution < 1.29 is 4.42 Å². The van der Waals surface area contributed by atoms with Gasteiger partial charge in [0, 0.05) is 6.20 Å². The topological polar surface area (TPSA) is 68.2 Å². The fourth-order valence-corrected chi connectivity index (χ4v) is 3.35. The van der Waals surface area contributed by atoms with Gasteiger partial charge in [0.1, 0.15) is 15.7 Å². The molecule has 130 valence electrons. The van der Waals surface area contributed by atoms with Crippen LogP contribution in [0.2, 0.25) is 0 Å². The van der Waals surface area contributed by atoms with Crippen molar-refractivity contribution in [1.29, 1.82) is 0 Å². The van der Waals surface area contributed by atoms with Crippen molar-refractivity contribution in [3.8, 4) is 11.5 Å². The molecule has 6 nitrogen and oxygen atoms in total. The lowest BCUT2D eigenvalue weighted by Gasteiger charge is -2.07. The van der Waals surface area contributed by atoms with Gasteiger partial charge in [-0.15, -0.1) is 11.8 Å². The summed E-state index contributed by atoms with van der Waals surface area (Å²) in [5.74, 6) is 1.48. The van der Waals surface area contributed by atoms with Crippen molar-refractivity contribution >= 4 is 39.8 Å². The molecule has 0 aliphatic heterocycles. The van der Waals surface area contributed by atoms with Crippen molar-refractivity contribution in [2.75, 3.05) is 11.6 Å². The Hall–Kier alpha value is -2.32. The molecule has 0 bridgehead atoms. The van der Waals surface area contributed by atoms with E-state index in [1.54, 1.807) is 24.2 Å². The summed E-state index contributed by atoms with van der Waals surface area (Å²) in [7, 11) is 0. The van der Waals surface area contributed by atoms with Gasteiger partial charge in [0.15, 0.2) is 17.2 Å². The number of imidazole rings is 1. The number of thioether (sulfide) groups is 1. The highest BCUT2D eigenvalue weighted by Gasteiger charge is 2.15. The molecule has 4 heterocycles. The highest BCUT2D eigenvalue weighted by atomic mass is 32.2. The molecule has 0 aliphatic rings. The van der Waals surface area contributed by atoms with E-state index >= 15 is 0 Å². The highest BCUT2D eigenvalue weighted by molar-refractivity contribution is 7.98. The van der Waals surface area contributed by atoms with Gasteiger partial charge >= 0.3 is 0 Å². The number of nitrogens with zero attached hydrogens (tertiary/aromatic N) is 4. The van der Waals surface area contributed by atoms with Crippen molar-refractivity contribution in [3.63, 3.8) is 0 Å². The van der Waals surface area contributed by atoms with Gasteiger partial charge in [0.2, 0.25) is 0 Å². The molecule has 4 aromatic rings. The molecule has 25 heavy (non-hydrogen) atoms. The molecule has 0 aliphatic carbocycles. The zero-order valence-corrected chi connectivity index (χ0v) is 16.1. The Morgan fingerprint density at radius 1 is 1.32 bits per heavy atom. The van der Waals surface area contributed by atoms with Crippen LogP contribution in [0, 0.1) is 6.92 Å². The SMILES string of the molecule is CC.CSc1cn2c(-c3ccco3)cnc2c(Nc2cc(C)ns2)n1. The van der Waals surface area contributed by atoms with E-state index in [0.717, 1.165) is 32.8 Å². The number of aromatic nitrogens is 4. The standard InChI is InChI=1S/C15H13N5OS2.C2H6/c1-9-6-12(23-19-9)17-14-15-16-7-10(11-4-3-5-21-11)20(15)8-13(18-14)22-2;1-2/h3-8H,1-2H3,(H,17,18);1-2H3. The summed E-state index contributed by atoms with van der Waals surface area (Å²) in [6, 6.07) is 5.78. The number of fused-ring (bicyclic) bond motifs is 1. The molecule has 4 aromatic heterocycles. The minimum Gasteiger partial charge on any atom is -0.463 e. The van der Waals surface area contributed by atoms with E-state index < -0.39 is 0 Å². The van der Waals surface area contributed by atoms with Crippen LogP contribution in [-0.4, -0.2) is 25.0 Å². The number of hydrogen-bond acceptors (Lipinski definition) is 7. The summed E-state index contributed by atoms with van der Waals surface area (Å²) in [6.45, 7) is 5.97. The summed E-state index contributed by atoms with van der Waals surface area (Å²) in [5, 5.41) is 5.16. The molecule has 0 atom stereocenters. The van der Waals surface area contributed by atoms with Crippen LogP contribution in [0.25, 0.3) is 17.1 Å². The minimum absolute atomic E-state index is 0.707. The molecule has 0 saturated heterocycles. The number of rotatable bonds is 4. The zero-order valence-electron chi connectivity index (χ0n) is 14.5. The van der Waals surface area contributed by atoms with E-state index in [4.69, 9.17) is 4.42 Å². The van der Waals surface area contributed by atoms with Gasteiger partial charge in [-0.25, -0.2) is 9.97 Å². The molecular weight excluding hydrogens is 354 g/mol. The van der Waals surface area contributed by atoms with Crippen LogP contribution in [0.15, 0.2) is 46.3 Å². The fourth-order valence-electron chi connectivity index (χ4n) is 2.29. The second kappa shape index (κ2) is 7.71. The lowest BCUT2D eigenvalue weighted by atomic mass is 10.3. The van der Waals surface area contributed by atoms with E-state index in [9.17, 15) is 0 Å². The molecule has 0 saturated carbocycles. The van der Waals surface area contributed by atoms with E-state index in [0.29, 0.717) is 5.82 Å². The first-order chi connectivity index (χ1) is 12.2. The monoisotopic (exact) mass is 373 g/mol. The summed E-state index contributed by atoms with van der Waals surface area (Å²) in [5.41, 5.74) is 2.63. The quantitative estimate of drug-likeness (QED) is 0.493. The highest BCUT2D eigenvalue weighted by Crippen LogP contribution is 2.29. The summed E-state index contributed by atoms with van der Waals surface area (Å²) in [6.07, 6.45) is 7.42. The molecule has 0 amide bonds. The van der Waals surface area contributed by atoms with Gasteiger partial charge in [-0.3, -0.25) is 4.40 Å². The fraction of sp³-hybridized carbons (Fsp3) is 0.235. The third-order valence-corrected chi connectivity index (χ3v) is 4.73. The number of furan rings is 1. The Morgan fingerprint density at radius 2 is 2.16 bits per heavy atom. The number of aryl methyl sites for hydroxylation is 1. The Morgan fingerprint density at radius 3 is 2.80 bits per heavy atom. The molecular formula is C17H19N5OS2. The number of nitrogens with one attached hydrogen (secondary N) is 1. The van der Waals surface area contributed by atoms with Gasteiger partial charge in [-0.05, 0) is 42.9 Å². The van der Waals surface area contributed by atoms with Gasteiger partial charge in [-0.1, -0.05) is 13.8 Å². The van der Waals surface area contributed by atoms with Crippen LogP contribution < -0.4 is 5.32 Å². The Bertz CT molecular complexity index is 959. The minimum atomic E-state index is 0.707. The second-order valence-corrected chi connectivity index (χ2v) is 6.54. The lowest BCUT2D eigenvalue weighted by Crippen LogP contribution is -1.99. The lowest BCUT2D eigenvalue weighted by molar-refractivity contribution is 0.579. The van der Waals surface area contributed by atoms with Crippen molar-refractivity contribution in [2.45, 2.75) is 25.8 Å². The van der Waals surface area contributed by atoms with Crippen LogP contribution in [0.5, 0.6) is 0 Å². The second-order valence-electron chi connectivity index (χ2n) is 4.90. The Kier molecular flexibility index (Phi) is 5.40. The van der Waals surface area contributed by atoms with E-state index in [2.05, 4.69) is 19.7 Å². The van der Waals surface area contributed by atoms with Gasteiger partial charge in [0.25, 0.3) is 0 Å². The van der Waals surface area contributed by atoms with Crippen molar-refractivity contribution in [2.24, 2.45) is 0 Å². The summed E-state index contributed by atoms with van der Waals surface area (Å²) < 4.78 is 11.8. The first-order valence-corrected chi connectivity index (χ1v) is 9.91. The van der Waals surface area contributed by atoms with Gasteiger partial charge < -0.3 is 9.73 Å². The molecule has 1 N–H and O–H groups in total. The molecule has 0 radical (unpaired) electrons. The third-order valence-electron chi connectivity index (χ3n) is 3.32. The first-order valence-electron chi connectivity index (χ1n) is 7.91. The molecule has 4 rings (SSSR count). The van der Waals surface area contributed by atoms with E-state index in [-0.39, 0.29) is 0 Å².